The maximum absolute atomic E-state index is 13.1. The molecule has 0 aliphatic carbocycles. The number of amidine groups is 1. The number of carbonyl (C=O) groups is 2. The maximum atomic E-state index is 13.1. The number of carboxylic acid groups (broad SMARTS) is 1. The third-order valence-electron chi connectivity index (χ3n) is 6.71. The van der Waals surface area contributed by atoms with Crippen LogP contribution in [0.2, 0.25) is 0 Å². The molecule has 0 radical (unpaired) electrons. The van der Waals surface area contributed by atoms with Gasteiger partial charge in [0, 0.05) is 37.1 Å². The Kier molecular flexibility index (Phi) is 10.0. The van der Waals surface area contributed by atoms with Gasteiger partial charge in [-0.3, -0.25) is 14.7 Å². The molecule has 3 atom stereocenters. The number of amides is 2. The van der Waals surface area contributed by atoms with Gasteiger partial charge in [0.25, 0.3) is 0 Å². The zero-order valence-electron chi connectivity index (χ0n) is 20.3. The minimum Gasteiger partial charge on any atom is -0.465 e. The molecule has 2 aliphatic rings. The first-order valence-corrected chi connectivity index (χ1v) is 15.7. The minimum absolute atomic E-state index is 0.127. The van der Waals surface area contributed by atoms with Gasteiger partial charge >= 0.3 is 6.09 Å². The standard InChI is InChI=1S/C26H34N4O3S3/c27-25(23-10-6-15-34-23)28-21-18-29(24(31)11-5-4-9-20-13-16-35-36-20)14-12-22(21)30(26(32)33)17-19-7-2-1-3-8-19/h1-3,6-8,10,15,20-22H,4-5,9,11-14,16-18H2,(H2,27,28)(H,32,33). The Balaban J connectivity index is 1.44. The summed E-state index contributed by atoms with van der Waals surface area (Å²) in [6.45, 7) is 1.18. The Bertz CT molecular complexity index is 1010. The number of likely N-dealkylation sites (tertiary alicyclic amines) is 1. The van der Waals surface area contributed by atoms with Crippen LogP contribution in [0.25, 0.3) is 0 Å². The van der Waals surface area contributed by atoms with Gasteiger partial charge in [-0.15, -0.1) is 11.3 Å². The van der Waals surface area contributed by atoms with Crippen molar-refractivity contribution in [1.82, 2.24) is 9.80 Å². The van der Waals surface area contributed by atoms with Crippen LogP contribution in [-0.4, -0.2) is 68.9 Å². The van der Waals surface area contributed by atoms with Crippen LogP contribution in [0.4, 0.5) is 4.79 Å². The van der Waals surface area contributed by atoms with Crippen LogP contribution in [0.3, 0.4) is 0 Å². The number of nitrogens with two attached hydrogens (primary N) is 1. The molecule has 2 amide bonds. The van der Waals surface area contributed by atoms with Crippen molar-refractivity contribution in [3.05, 3.63) is 58.3 Å². The molecular weight excluding hydrogens is 513 g/mol. The summed E-state index contributed by atoms with van der Waals surface area (Å²) >= 11 is 1.50. The Morgan fingerprint density at radius 1 is 1.14 bits per heavy atom. The lowest BCUT2D eigenvalue weighted by atomic mass is 9.96. The van der Waals surface area contributed by atoms with Crippen LogP contribution in [0.1, 0.15) is 49.0 Å². The van der Waals surface area contributed by atoms with Crippen molar-refractivity contribution in [3.63, 3.8) is 0 Å². The largest absolute Gasteiger partial charge is 0.465 e. The number of rotatable bonds is 10. The average Bonchev–Trinajstić information content (AvgIpc) is 3.60. The maximum Gasteiger partial charge on any atom is 0.407 e. The normalized spacial score (nSPS) is 22.5. The minimum atomic E-state index is -0.985. The fraction of sp³-hybridized carbons (Fsp3) is 0.500. The molecule has 0 saturated carbocycles. The summed E-state index contributed by atoms with van der Waals surface area (Å²) in [5, 5.41) is 12.8. The molecule has 10 heteroatoms. The SMILES string of the molecule is NC(=NC1CN(C(=O)CCCCC2CCSS2)CCC1N(Cc1ccccc1)C(=O)O)c1cccs1. The highest BCUT2D eigenvalue weighted by Crippen LogP contribution is 2.40. The number of piperidine rings is 1. The van der Waals surface area contributed by atoms with Gasteiger partial charge in [0.1, 0.15) is 5.84 Å². The number of nitrogens with zero attached hydrogens (tertiary/aromatic N) is 3. The van der Waals surface area contributed by atoms with Crippen LogP contribution < -0.4 is 5.73 Å². The van der Waals surface area contributed by atoms with Gasteiger partial charge in [-0.2, -0.15) is 0 Å². The van der Waals surface area contributed by atoms with E-state index in [4.69, 9.17) is 10.7 Å². The molecule has 4 rings (SSSR count). The van der Waals surface area contributed by atoms with Crippen molar-refractivity contribution >= 4 is 50.8 Å². The van der Waals surface area contributed by atoms with Gasteiger partial charge < -0.3 is 15.7 Å². The lowest BCUT2D eigenvalue weighted by molar-refractivity contribution is -0.133. The van der Waals surface area contributed by atoms with E-state index in [2.05, 4.69) is 0 Å². The van der Waals surface area contributed by atoms with E-state index in [-0.39, 0.29) is 18.5 Å². The molecule has 7 nitrogen and oxygen atoms in total. The van der Waals surface area contributed by atoms with Gasteiger partial charge in [-0.25, -0.2) is 4.79 Å². The highest BCUT2D eigenvalue weighted by Gasteiger charge is 2.37. The van der Waals surface area contributed by atoms with E-state index in [1.165, 1.54) is 34.8 Å². The molecule has 3 heterocycles. The van der Waals surface area contributed by atoms with Crippen LogP contribution >= 0.6 is 32.9 Å². The highest BCUT2D eigenvalue weighted by molar-refractivity contribution is 8.77. The quantitative estimate of drug-likeness (QED) is 0.181. The fourth-order valence-corrected chi connectivity index (χ4v) is 8.44. The Hall–Kier alpha value is -2.17. The molecule has 194 valence electrons. The molecule has 2 aliphatic heterocycles. The summed E-state index contributed by atoms with van der Waals surface area (Å²) in [5.74, 6) is 1.75. The third-order valence-corrected chi connectivity index (χ3v) is 10.6. The van der Waals surface area contributed by atoms with E-state index in [9.17, 15) is 14.7 Å². The van der Waals surface area contributed by atoms with Crippen molar-refractivity contribution in [1.29, 1.82) is 0 Å². The molecule has 36 heavy (non-hydrogen) atoms. The zero-order chi connectivity index (χ0) is 25.3. The number of hydrogen-bond acceptors (Lipinski definition) is 6. The monoisotopic (exact) mass is 546 g/mol. The number of benzene rings is 1. The second-order valence-electron chi connectivity index (χ2n) is 9.23. The predicted molar refractivity (Wildman–Crippen MR) is 151 cm³/mol. The second kappa shape index (κ2) is 13.4. The molecule has 2 aromatic rings. The predicted octanol–water partition coefficient (Wildman–Crippen LogP) is 5.32. The summed E-state index contributed by atoms with van der Waals surface area (Å²) < 4.78 is 0. The summed E-state index contributed by atoms with van der Waals surface area (Å²) in [6, 6.07) is 12.6. The van der Waals surface area contributed by atoms with Gasteiger partial charge in [-0.1, -0.05) is 64.4 Å². The van der Waals surface area contributed by atoms with Crippen molar-refractivity contribution in [2.45, 2.75) is 62.4 Å². The van der Waals surface area contributed by atoms with Crippen LogP contribution in [0, 0.1) is 0 Å². The highest BCUT2D eigenvalue weighted by atomic mass is 33.1. The summed E-state index contributed by atoms with van der Waals surface area (Å²) in [6.07, 6.45) is 4.47. The first kappa shape index (κ1) is 26.9. The van der Waals surface area contributed by atoms with Crippen molar-refractivity contribution in [2.75, 3.05) is 18.8 Å². The number of thiophene rings is 1. The molecule has 3 unspecified atom stereocenters. The Labute approximate surface area is 224 Å². The molecule has 2 fully saturated rings. The van der Waals surface area contributed by atoms with Gasteiger partial charge in [0.05, 0.1) is 17.0 Å². The van der Waals surface area contributed by atoms with Crippen molar-refractivity contribution in [2.24, 2.45) is 10.7 Å². The molecule has 0 spiro atoms. The molecule has 1 aromatic heterocycles. The number of carbonyl (C=O) groups excluding carboxylic acids is 1. The van der Waals surface area contributed by atoms with Crippen LogP contribution in [0.15, 0.2) is 52.8 Å². The number of unbranched alkanes of at least 4 members (excludes halogenated alkanes) is 1. The molecule has 2 saturated heterocycles. The van der Waals surface area contributed by atoms with Crippen LogP contribution in [-0.2, 0) is 11.3 Å². The lowest BCUT2D eigenvalue weighted by Crippen LogP contribution is -2.56. The van der Waals surface area contributed by atoms with E-state index >= 15 is 0 Å². The van der Waals surface area contributed by atoms with Crippen molar-refractivity contribution < 1.29 is 14.7 Å². The summed E-state index contributed by atoms with van der Waals surface area (Å²) in [4.78, 5) is 34.3. The fourth-order valence-electron chi connectivity index (χ4n) is 4.78. The summed E-state index contributed by atoms with van der Waals surface area (Å²) in [7, 11) is 3.93. The third kappa shape index (κ3) is 7.43. The second-order valence-corrected chi connectivity index (χ2v) is 13.0. The van der Waals surface area contributed by atoms with E-state index in [0.717, 1.165) is 28.5 Å². The summed E-state index contributed by atoms with van der Waals surface area (Å²) in [5.41, 5.74) is 7.25. The molecule has 1 aromatic carbocycles. The Morgan fingerprint density at radius 2 is 1.97 bits per heavy atom. The zero-order valence-corrected chi connectivity index (χ0v) is 22.8. The van der Waals surface area contributed by atoms with Crippen LogP contribution in [0.5, 0.6) is 0 Å². The van der Waals surface area contributed by atoms with E-state index in [1.807, 2.05) is 74.3 Å². The van der Waals surface area contributed by atoms with Gasteiger partial charge in [-0.05, 0) is 42.7 Å². The lowest BCUT2D eigenvalue weighted by Gasteiger charge is -2.41. The molecule has 3 N–H and O–H groups in total. The number of hydrogen-bond donors (Lipinski definition) is 2. The first-order valence-electron chi connectivity index (χ1n) is 12.5. The molecular formula is C26H34N4O3S3. The van der Waals surface area contributed by atoms with Gasteiger partial charge in [0.2, 0.25) is 5.91 Å². The van der Waals surface area contributed by atoms with E-state index < -0.39 is 12.1 Å². The smallest absolute Gasteiger partial charge is 0.407 e. The van der Waals surface area contributed by atoms with Crippen molar-refractivity contribution in [3.8, 4) is 0 Å². The topological polar surface area (TPSA) is 99.2 Å². The van der Waals surface area contributed by atoms with E-state index in [1.54, 1.807) is 0 Å². The molecule has 0 bridgehead atoms. The number of aliphatic imine (C=N–C) groups is 1. The Morgan fingerprint density at radius 3 is 2.67 bits per heavy atom. The average molecular weight is 547 g/mol. The van der Waals surface area contributed by atoms with E-state index in [0.29, 0.717) is 31.8 Å². The first-order chi connectivity index (χ1) is 17.5. The van der Waals surface area contributed by atoms with Gasteiger partial charge in [0.15, 0.2) is 0 Å².